The van der Waals surface area contributed by atoms with Crippen LogP contribution in [0.4, 0.5) is 0 Å². The van der Waals surface area contributed by atoms with Crippen LogP contribution >= 0.6 is 0 Å². The van der Waals surface area contributed by atoms with Crippen molar-refractivity contribution in [2.45, 2.75) is 19.4 Å². The maximum Gasteiger partial charge on any atom is 0.352 e. The van der Waals surface area contributed by atoms with E-state index in [0.717, 1.165) is 37.5 Å². The van der Waals surface area contributed by atoms with Crippen molar-refractivity contribution in [3.8, 4) is 17.2 Å². The van der Waals surface area contributed by atoms with Gasteiger partial charge in [-0.1, -0.05) is 6.92 Å². The smallest absolute Gasteiger partial charge is 0.352 e. The van der Waals surface area contributed by atoms with Crippen molar-refractivity contribution in [2.24, 2.45) is 0 Å². The molecule has 0 aliphatic rings. The summed E-state index contributed by atoms with van der Waals surface area (Å²) < 4.78 is 14.1. The number of ether oxygens (including phenoxy) is 3. The Hall–Kier alpha value is -3.03. The first-order valence-corrected chi connectivity index (χ1v) is 6.57. The molecule has 1 atom stereocenters. The number of phenolic OH excluding ortho intramolecular Hbond substituents is 2. The molecule has 0 fully saturated rings. The van der Waals surface area contributed by atoms with Gasteiger partial charge in [-0.15, -0.1) is 0 Å². The van der Waals surface area contributed by atoms with Crippen molar-refractivity contribution in [3.63, 3.8) is 0 Å². The maximum absolute atomic E-state index is 11.9. The van der Waals surface area contributed by atoms with Crippen molar-refractivity contribution in [3.05, 3.63) is 30.4 Å². The van der Waals surface area contributed by atoms with Gasteiger partial charge in [-0.05, 0) is 6.42 Å². The minimum Gasteiger partial charge on any atom is -0.508 e. The highest BCUT2D eigenvalue weighted by atomic mass is 16.6. The van der Waals surface area contributed by atoms with Gasteiger partial charge in [-0.2, -0.15) is 0 Å². The van der Waals surface area contributed by atoms with Crippen LogP contribution in [0.5, 0.6) is 17.2 Å². The van der Waals surface area contributed by atoms with E-state index < -0.39 is 24.0 Å². The molecule has 1 aromatic rings. The molecule has 0 aromatic heterocycles. The summed E-state index contributed by atoms with van der Waals surface area (Å²) in [5.41, 5.74) is 0. The van der Waals surface area contributed by atoms with Crippen LogP contribution in [0, 0.1) is 0 Å². The Kier molecular flexibility index (Phi) is 6.60. The van der Waals surface area contributed by atoms with E-state index in [9.17, 15) is 24.6 Å². The number of rotatable bonds is 6. The molecule has 0 saturated carbocycles. The zero-order valence-electron chi connectivity index (χ0n) is 12.5. The van der Waals surface area contributed by atoms with Crippen LogP contribution in [0.3, 0.4) is 0 Å². The first-order chi connectivity index (χ1) is 10.8. The van der Waals surface area contributed by atoms with E-state index in [1.165, 1.54) is 0 Å². The van der Waals surface area contributed by atoms with Gasteiger partial charge in [-0.25, -0.2) is 14.4 Å². The molecule has 8 nitrogen and oxygen atoms in total. The van der Waals surface area contributed by atoms with E-state index in [-0.39, 0.29) is 23.7 Å². The van der Waals surface area contributed by atoms with E-state index in [4.69, 9.17) is 9.47 Å². The molecule has 1 rings (SSSR count). The van der Waals surface area contributed by atoms with Crippen LogP contribution < -0.4 is 4.74 Å². The maximum atomic E-state index is 11.9. The Labute approximate surface area is 131 Å². The Balaban J connectivity index is 2.69. The van der Waals surface area contributed by atoms with Crippen molar-refractivity contribution in [1.82, 2.24) is 0 Å². The second-order valence-corrected chi connectivity index (χ2v) is 4.30. The third-order valence-electron chi connectivity index (χ3n) is 2.54. The van der Waals surface area contributed by atoms with Gasteiger partial charge in [0.15, 0.2) is 6.10 Å². The van der Waals surface area contributed by atoms with Gasteiger partial charge in [0.2, 0.25) is 0 Å². The van der Waals surface area contributed by atoms with E-state index >= 15 is 0 Å². The fourth-order valence-electron chi connectivity index (χ4n) is 1.49. The third kappa shape index (κ3) is 6.08. The Morgan fingerprint density at radius 1 is 1.09 bits per heavy atom. The lowest BCUT2D eigenvalue weighted by Crippen LogP contribution is -2.30. The van der Waals surface area contributed by atoms with Crippen molar-refractivity contribution < 1.29 is 38.8 Å². The monoisotopic (exact) mass is 324 g/mol. The topological polar surface area (TPSA) is 119 Å². The number of hydrogen-bond acceptors (Lipinski definition) is 8. The number of esters is 3. The summed E-state index contributed by atoms with van der Waals surface area (Å²) in [6.45, 7) is 1.59. The first kappa shape index (κ1) is 18.0. The van der Waals surface area contributed by atoms with Crippen LogP contribution in [0.15, 0.2) is 30.4 Å². The van der Waals surface area contributed by atoms with Crippen LogP contribution in [-0.2, 0) is 23.9 Å². The molecule has 23 heavy (non-hydrogen) atoms. The Bertz CT molecular complexity index is 600. The highest BCUT2D eigenvalue weighted by molar-refractivity contribution is 5.92. The van der Waals surface area contributed by atoms with Gasteiger partial charge in [0, 0.05) is 30.4 Å². The SMILES string of the molecule is CCC(OC(=O)C=CC(=O)OC)C(=O)Oc1cc(O)cc(O)c1. The van der Waals surface area contributed by atoms with Crippen molar-refractivity contribution >= 4 is 17.9 Å². The largest absolute Gasteiger partial charge is 0.508 e. The molecule has 124 valence electrons. The highest BCUT2D eigenvalue weighted by Gasteiger charge is 2.23. The summed E-state index contributed by atoms with van der Waals surface area (Å²) in [5, 5.41) is 18.6. The summed E-state index contributed by atoms with van der Waals surface area (Å²) in [6.07, 6.45) is 0.589. The van der Waals surface area contributed by atoms with Crippen LogP contribution in [0.2, 0.25) is 0 Å². The van der Waals surface area contributed by atoms with E-state index in [1.807, 2.05) is 0 Å². The lowest BCUT2D eigenvalue weighted by molar-refractivity contribution is -0.159. The van der Waals surface area contributed by atoms with Gasteiger partial charge in [0.25, 0.3) is 0 Å². The minimum absolute atomic E-state index is 0.105. The number of carbonyl (C=O) groups is 3. The molecule has 0 heterocycles. The quantitative estimate of drug-likeness (QED) is 0.453. The molecule has 1 unspecified atom stereocenters. The zero-order valence-corrected chi connectivity index (χ0v) is 12.5. The van der Waals surface area contributed by atoms with E-state index in [0.29, 0.717) is 0 Å². The minimum atomic E-state index is -1.21. The average molecular weight is 324 g/mol. The molecule has 0 bridgehead atoms. The fourth-order valence-corrected chi connectivity index (χ4v) is 1.49. The normalized spacial score (nSPS) is 11.7. The first-order valence-electron chi connectivity index (χ1n) is 6.57. The second-order valence-electron chi connectivity index (χ2n) is 4.30. The molecule has 0 amide bonds. The van der Waals surface area contributed by atoms with Crippen LogP contribution in [0.25, 0.3) is 0 Å². The number of carbonyl (C=O) groups excluding carboxylic acids is 3. The summed E-state index contributed by atoms with van der Waals surface area (Å²) in [6, 6.07) is 3.29. The van der Waals surface area contributed by atoms with Gasteiger partial charge in [0.1, 0.15) is 17.2 Å². The number of benzene rings is 1. The molecular weight excluding hydrogens is 308 g/mol. The van der Waals surface area contributed by atoms with Gasteiger partial charge < -0.3 is 24.4 Å². The third-order valence-corrected chi connectivity index (χ3v) is 2.54. The molecule has 0 aliphatic heterocycles. The summed E-state index contributed by atoms with van der Waals surface area (Å²) in [4.78, 5) is 34.3. The number of methoxy groups -OCH3 is 1. The molecule has 2 N–H and O–H groups in total. The predicted molar refractivity (Wildman–Crippen MR) is 76.7 cm³/mol. The highest BCUT2D eigenvalue weighted by Crippen LogP contribution is 2.26. The van der Waals surface area contributed by atoms with Crippen LogP contribution in [-0.4, -0.2) is 41.3 Å². The molecule has 0 saturated heterocycles. The standard InChI is InChI=1S/C15H16O8/c1-3-12(23-14(19)5-4-13(18)21-2)15(20)22-11-7-9(16)6-10(17)8-11/h4-8,12,16-17H,3H2,1-2H3. The second kappa shape index (κ2) is 8.42. The molecule has 0 spiro atoms. The van der Waals surface area contributed by atoms with Crippen LogP contribution in [0.1, 0.15) is 13.3 Å². The molecule has 0 aliphatic carbocycles. The summed E-state index contributed by atoms with van der Waals surface area (Å²) in [5.74, 6) is -3.24. The van der Waals surface area contributed by atoms with Gasteiger partial charge in [-0.3, -0.25) is 0 Å². The summed E-state index contributed by atoms with van der Waals surface area (Å²) >= 11 is 0. The van der Waals surface area contributed by atoms with E-state index in [2.05, 4.69) is 4.74 Å². The lowest BCUT2D eigenvalue weighted by Gasteiger charge is -2.14. The van der Waals surface area contributed by atoms with Crippen molar-refractivity contribution in [1.29, 1.82) is 0 Å². The van der Waals surface area contributed by atoms with E-state index in [1.54, 1.807) is 6.92 Å². The van der Waals surface area contributed by atoms with Crippen molar-refractivity contribution in [2.75, 3.05) is 7.11 Å². The lowest BCUT2D eigenvalue weighted by atomic mass is 10.2. The number of phenols is 2. The summed E-state index contributed by atoms with van der Waals surface area (Å²) in [7, 11) is 1.15. The van der Waals surface area contributed by atoms with Gasteiger partial charge >= 0.3 is 17.9 Å². The Morgan fingerprint density at radius 2 is 1.65 bits per heavy atom. The molecule has 0 radical (unpaired) electrons. The number of aromatic hydroxyl groups is 2. The Morgan fingerprint density at radius 3 is 2.17 bits per heavy atom. The predicted octanol–water partition coefficient (Wildman–Crippen LogP) is 1.05. The average Bonchev–Trinajstić information content (AvgIpc) is 2.48. The zero-order chi connectivity index (χ0) is 17.4. The number of hydrogen-bond donors (Lipinski definition) is 2. The molecule has 8 heteroatoms. The fraction of sp³-hybridized carbons (Fsp3) is 0.267. The van der Waals surface area contributed by atoms with Gasteiger partial charge in [0.05, 0.1) is 7.11 Å². The molecular formula is C15H16O8. The molecule has 1 aromatic carbocycles.